The largest absolute Gasteiger partial charge is 0.511 e. The Hall–Kier alpha value is -2.07. The van der Waals surface area contributed by atoms with Crippen molar-refractivity contribution in [3.8, 4) is 16.9 Å². The summed E-state index contributed by atoms with van der Waals surface area (Å²) in [5.41, 5.74) is 1.39. The van der Waals surface area contributed by atoms with Crippen molar-refractivity contribution in [1.29, 1.82) is 0 Å². The molecule has 0 spiro atoms. The lowest BCUT2D eigenvalue weighted by atomic mass is 10.1. The second-order valence-corrected chi connectivity index (χ2v) is 3.96. The minimum absolute atomic E-state index is 0.319. The molecule has 0 unspecified atom stereocenters. The third kappa shape index (κ3) is 2.78. The van der Waals surface area contributed by atoms with E-state index in [1.54, 1.807) is 30.3 Å². The zero-order valence-corrected chi connectivity index (χ0v) is 9.82. The Labute approximate surface area is 107 Å². The number of rotatable bonds is 2. The van der Waals surface area contributed by atoms with E-state index in [2.05, 4.69) is 4.74 Å². The van der Waals surface area contributed by atoms with Gasteiger partial charge in [-0.2, -0.15) is 0 Å². The second-order valence-electron chi connectivity index (χ2n) is 3.52. The molecule has 3 nitrogen and oxygen atoms in total. The number of halogens is 2. The Balaban J connectivity index is 2.33. The lowest BCUT2D eigenvalue weighted by Gasteiger charge is -2.05. The first-order valence-corrected chi connectivity index (χ1v) is 5.40. The number of ether oxygens (including phenoxy) is 1. The number of hydrogen-bond acceptors (Lipinski definition) is 2. The van der Waals surface area contributed by atoms with Gasteiger partial charge in [0.1, 0.15) is 0 Å². The maximum absolute atomic E-state index is 13.6. The van der Waals surface area contributed by atoms with E-state index < -0.39 is 12.0 Å². The van der Waals surface area contributed by atoms with Gasteiger partial charge in [-0.05, 0) is 35.4 Å². The van der Waals surface area contributed by atoms with Gasteiger partial charge in [-0.25, -0.2) is 9.18 Å². The summed E-state index contributed by atoms with van der Waals surface area (Å²) in [7, 11) is 0. The zero-order valence-electron chi connectivity index (χ0n) is 9.06. The molecule has 0 aliphatic rings. The van der Waals surface area contributed by atoms with Gasteiger partial charge < -0.3 is 9.84 Å². The lowest BCUT2D eigenvalue weighted by Crippen LogP contribution is -2.04. The maximum atomic E-state index is 13.6. The van der Waals surface area contributed by atoms with E-state index in [1.807, 2.05) is 0 Å². The standard InChI is InChI=1S/C13H8ClFO3/c14-10-4-1-8(2-5-10)9-3-6-12(11(15)7-9)18-13(16)17/h1-7H,(H,16,17). The van der Waals surface area contributed by atoms with Crippen LogP contribution in [0, 0.1) is 5.82 Å². The molecule has 0 aliphatic carbocycles. The van der Waals surface area contributed by atoms with Gasteiger partial charge in [0.25, 0.3) is 0 Å². The molecule has 18 heavy (non-hydrogen) atoms. The number of carbonyl (C=O) groups is 1. The molecular weight excluding hydrogens is 259 g/mol. The van der Waals surface area contributed by atoms with Gasteiger partial charge in [-0.15, -0.1) is 0 Å². The first-order valence-electron chi connectivity index (χ1n) is 5.02. The van der Waals surface area contributed by atoms with Crippen LogP contribution >= 0.6 is 11.6 Å². The Morgan fingerprint density at radius 2 is 1.72 bits per heavy atom. The van der Waals surface area contributed by atoms with Crippen LogP contribution in [0.1, 0.15) is 0 Å². The second kappa shape index (κ2) is 5.06. The molecule has 2 rings (SSSR count). The van der Waals surface area contributed by atoms with Crippen molar-refractivity contribution < 1.29 is 19.0 Å². The highest BCUT2D eigenvalue weighted by Gasteiger charge is 2.09. The highest BCUT2D eigenvalue weighted by molar-refractivity contribution is 6.30. The monoisotopic (exact) mass is 266 g/mol. The first kappa shape index (κ1) is 12.4. The molecule has 0 atom stereocenters. The summed E-state index contributed by atoms with van der Waals surface area (Å²) in [5, 5.41) is 8.99. The van der Waals surface area contributed by atoms with Gasteiger partial charge in [-0.3, -0.25) is 0 Å². The van der Waals surface area contributed by atoms with Crippen LogP contribution in [-0.2, 0) is 0 Å². The number of carboxylic acid groups (broad SMARTS) is 1. The molecule has 0 radical (unpaired) electrons. The van der Waals surface area contributed by atoms with Gasteiger partial charge in [0.05, 0.1) is 0 Å². The summed E-state index contributed by atoms with van der Waals surface area (Å²) in [5.74, 6) is -1.05. The van der Waals surface area contributed by atoms with E-state index in [9.17, 15) is 9.18 Å². The van der Waals surface area contributed by atoms with Crippen molar-refractivity contribution in [2.24, 2.45) is 0 Å². The van der Waals surface area contributed by atoms with Crippen molar-refractivity contribution in [2.75, 3.05) is 0 Å². The minimum atomic E-state index is -1.55. The van der Waals surface area contributed by atoms with Crippen LogP contribution in [0.2, 0.25) is 5.02 Å². The fourth-order valence-electron chi connectivity index (χ4n) is 1.50. The SMILES string of the molecule is O=C(O)Oc1ccc(-c2ccc(Cl)cc2)cc1F. The molecule has 0 amide bonds. The summed E-state index contributed by atoms with van der Waals surface area (Å²) in [6.07, 6.45) is -1.55. The van der Waals surface area contributed by atoms with E-state index in [4.69, 9.17) is 16.7 Å². The molecule has 0 aromatic heterocycles. The van der Waals surface area contributed by atoms with Crippen molar-refractivity contribution in [3.63, 3.8) is 0 Å². The van der Waals surface area contributed by atoms with Crippen LogP contribution in [-0.4, -0.2) is 11.3 Å². The van der Waals surface area contributed by atoms with Gasteiger partial charge in [0.15, 0.2) is 11.6 Å². The summed E-state index contributed by atoms with van der Waals surface area (Å²) in [4.78, 5) is 10.3. The average molecular weight is 267 g/mol. The van der Waals surface area contributed by atoms with Crippen LogP contribution in [0.25, 0.3) is 11.1 Å². The normalized spacial score (nSPS) is 10.1. The van der Waals surface area contributed by atoms with Gasteiger partial charge in [0, 0.05) is 5.02 Å². The summed E-state index contributed by atoms with van der Waals surface area (Å²) in [6, 6.07) is 10.9. The summed E-state index contributed by atoms with van der Waals surface area (Å²) >= 11 is 5.75. The predicted molar refractivity (Wildman–Crippen MR) is 65.5 cm³/mol. The molecule has 0 saturated heterocycles. The average Bonchev–Trinajstić information content (AvgIpc) is 2.32. The topological polar surface area (TPSA) is 46.5 Å². The Morgan fingerprint density at radius 1 is 1.11 bits per heavy atom. The third-order valence-electron chi connectivity index (χ3n) is 2.31. The molecule has 0 bridgehead atoms. The van der Waals surface area contributed by atoms with E-state index in [-0.39, 0.29) is 5.75 Å². The van der Waals surface area contributed by atoms with Crippen molar-refractivity contribution >= 4 is 17.8 Å². The molecular formula is C13H8ClFO3. The van der Waals surface area contributed by atoms with Gasteiger partial charge in [0.2, 0.25) is 0 Å². The van der Waals surface area contributed by atoms with Crippen molar-refractivity contribution in [1.82, 2.24) is 0 Å². The van der Waals surface area contributed by atoms with Crippen LogP contribution < -0.4 is 4.74 Å². The van der Waals surface area contributed by atoms with Gasteiger partial charge >= 0.3 is 6.16 Å². The highest BCUT2D eigenvalue weighted by Crippen LogP contribution is 2.26. The molecule has 5 heteroatoms. The summed E-state index contributed by atoms with van der Waals surface area (Å²) < 4.78 is 17.8. The molecule has 0 fully saturated rings. The fraction of sp³-hybridized carbons (Fsp3) is 0. The molecule has 1 N–H and O–H groups in total. The fourth-order valence-corrected chi connectivity index (χ4v) is 1.63. The molecule has 0 aliphatic heterocycles. The molecule has 0 heterocycles. The molecule has 0 saturated carbocycles. The quantitative estimate of drug-likeness (QED) is 0.654. The van der Waals surface area contributed by atoms with Crippen LogP contribution in [0.3, 0.4) is 0 Å². The van der Waals surface area contributed by atoms with Crippen molar-refractivity contribution in [3.05, 3.63) is 53.3 Å². The van der Waals surface area contributed by atoms with E-state index in [1.165, 1.54) is 12.1 Å². The van der Waals surface area contributed by atoms with E-state index in [0.29, 0.717) is 10.6 Å². The van der Waals surface area contributed by atoms with Crippen LogP contribution in [0.4, 0.5) is 9.18 Å². The summed E-state index contributed by atoms with van der Waals surface area (Å²) in [6.45, 7) is 0. The van der Waals surface area contributed by atoms with Crippen LogP contribution in [0.5, 0.6) is 5.75 Å². The molecule has 2 aromatic rings. The van der Waals surface area contributed by atoms with Crippen molar-refractivity contribution in [2.45, 2.75) is 0 Å². The molecule has 92 valence electrons. The Kier molecular flexibility index (Phi) is 3.48. The Morgan fingerprint density at radius 3 is 2.28 bits per heavy atom. The van der Waals surface area contributed by atoms with E-state index >= 15 is 0 Å². The smallest absolute Gasteiger partial charge is 0.449 e. The van der Waals surface area contributed by atoms with Crippen LogP contribution in [0.15, 0.2) is 42.5 Å². The number of benzene rings is 2. The molecule has 2 aromatic carbocycles. The van der Waals surface area contributed by atoms with E-state index in [0.717, 1.165) is 5.56 Å². The first-order chi connectivity index (χ1) is 8.56. The Bertz CT molecular complexity index is 581. The maximum Gasteiger partial charge on any atom is 0.511 e. The minimum Gasteiger partial charge on any atom is -0.449 e. The predicted octanol–water partition coefficient (Wildman–Crippen LogP) is 4.20. The third-order valence-corrected chi connectivity index (χ3v) is 2.56. The van der Waals surface area contributed by atoms with Gasteiger partial charge in [-0.1, -0.05) is 29.8 Å². The lowest BCUT2D eigenvalue weighted by molar-refractivity contribution is 0.142. The highest BCUT2D eigenvalue weighted by atomic mass is 35.5. The zero-order chi connectivity index (χ0) is 13.1. The number of hydrogen-bond donors (Lipinski definition) is 1.